The van der Waals surface area contributed by atoms with Crippen molar-refractivity contribution < 1.29 is 28.5 Å². The number of unbranched alkanes of at least 4 members (excludes halogenated alkanes) is 13. The van der Waals surface area contributed by atoms with Crippen LogP contribution in [0, 0.1) is 0 Å². The smallest absolute Gasteiger partial charge is 0.286 e. The first-order valence-electron chi connectivity index (χ1n) is 9.72. The molecule has 0 unspecified atom stereocenters. The minimum atomic E-state index is 0. The largest absolute Gasteiger partial charge is 1.00 e. The van der Waals surface area contributed by atoms with Gasteiger partial charge in [-0.3, -0.25) is 0 Å². The predicted molar refractivity (Wildman–Crippen MR) is 94.7 cm³/mol. The summed E-state index contributed by atoms with van der Waals surface area (Å²) >= 11 is 0. The van der Waals surface area contributed by atoms with Crippen LogP contribution in [0.15, 0.2) is 24.8 Å². The van der Waals surface area contributed by atoms with Gasteiger partial charge < -0.3 is 24.0 Å². The topological polar surface area (TPSA) is 16.8 Å². The minimum absolute atomic E-state index is 0. The Balaban J connectivity index is 0.00000484. The van der Waals surface area contributed by atoms with Gasteiger partial charge in [0.2, 0.25) is 0 Å². The van der Waals surface area contributed by atoms with E-state index >= 15 is 0 Å². The van der Waals surface area contributed by atoms with E-state index in [0.717, 1.165) is 6.54 Å². The lowest BCUT2D eigenvalue weighted by molar-refractivity contribution is -0.700. The Labute approximate surface area is 161 Å². The van der Waals surface area contributed by atoms with Crippen LogP contribution in [0.25, 0.3) is 0 Å². The standard InChI is InChI=1S/C20H37N2.HI/c1-2-3-4-5-6-7-8-9-10-11-12-13-14-15-18-22-19-16-17-21-20-22;/h16-17,19-20H,2-15,18H2,1H3;1H/q+1;/p-1. The lowest BCUT2D eigenvalue weighted by atomic mass is 10.0. The summed E-state index contributed by atoms with van der Waals surface area (Å²) in [5.41, 5.74) is 0. The van der Waals surface area contributed by atoms with E-state index in [1.54, 1.807) is 0 Å². The molecule has 0 aliphatic carbocycles. The van der Waals surface area contributed by atoms with E-state index in [9.17, 15) is 0 Å². The number of hydrogen-bond donors (Lipinski definition) is 0. The molecule has 2 nitrogen and oxygen atoms in total. The molecule has 0 saturated heterocycles. The highest BCUT2D eigenvalue weighted by molar-refractivity contribution is 4.68. The first kappa shape index (κ1) is 22.8. The van der Waals surface area contributed by atoms with E-state index in [4.69, 9.17) is 0 Å². The zero-order chi connectivity index (χ0) is 15.7. The second-order valence-electron chi connectivity index (χ2n) is 6.59. The van der Waals surface area contributed by atoms with Crippen LogP contribution in [0.3, 0.4) is 0 Å². The van der Waals surface area contributed by atoms with Crippen molar-refractivity contribution in [3.05, 3.63) is 24.8 Å². The average molecular weight is 432 g/mol. The van der Waals surface area contributed by atoms with Gasteiger partial charge in [-0.05, 0) is 12.8 Å². The third kappa shape index (κ3) is 15.1. The summed E-state index contributed by atoms with van der Waals surface area (Å²) in [5, 5.41) is 0. The molecule has 1 rings (SSSR count). The van der Waals surface area contributed by atoms with Crippen LogP contribution >= 0.6 is 0 Å². The van der Waals surface area contributed by atoms with Gasteiger partial charge in [-0.2, -0.15) is 0 Å². The Bertz CT molecular complexity index is 330. The van der Waals surface area contributed by atoms with Crippen LogP contribution in [0.5, 0.6) is 0 Å². The van der Waals surface area contributed by atoms with Crippen LogP contribution in [-0.2, 0) is 6.54 Å². The van der Waals surface area contributed by atoms with Gasteiger partial charge in [-0.15, -0.1) is 0 Å². The second kappa shape index (κ2) is 18.2. The first-order valence-corrected chi connectivity index (χ1v) is 9.72. The molecule has 0 fully saturated rings. The summed E-state index contributed by atoms with van der Waals surface area (Å²) in [4.78, 5) is 4.13. The zero-order valence-corrected chi connectivity index (χ0v) is 17.3. The third-order valence-electron chi connectivity index (χ3n) is 4.43. The Hall–Kier alpha value is -0.190. The highest BCUT2D eigenvalue weighted by Crippen LogP contribution is 2.12. The Morgan fingerprint density at radius 2 is 1.17 bits per heavy atom. The molecule has 1 aromatic heterocycles. The van der Waals surface area contributed by atoms with Crippen LogP contribution in [0.1, 0.15) is 96.8 Å². The first-order chi connectivity index (χ1) is 10.9. The molecular formula is C20H37IN2. The summed E-state index contributed by atoms with van der Waals surface area (Å²) in [5.74, 6) is 0. The van der Waals surface area contributed by atoms with Crippen molar-refractivity contribution in [3.8, 4) is 0 Å². The summed E-state index contributed by atoms with van der Waals surface area (Å²) in [6.07, 6.45) is 25.8. The van der Waals surface area contributed by atoms with Crippen molar-refractivity contribution in [1.82, 2.24) is 4.98 Å². The van der Waals surface area contributed by atoms with E-state index in [1.807, 2.05) is 18.6 Å². The summed E-state index contributed by atoms with van der Waals surface area (Å²) in [7, 11) is 0. The van der Waals surface area contributed by atoms with Crippen LogP contribution in [-0.4, -0.2) is 4.98 Å². The molecule has 0 bridgehead atoms. The molecule has 3 heteroatoms. The number of halogens is 1. The molecule has 0 saturated carbocycles. The van der Waals surface area contributed by atoms with Crippen LogP contribution < -0.4 is 28.5 Å². The van der Waals surface area contributed by atoms with Gasteiger partial charge in [0.25, 0.3) is 6.33 Å². The maximum atomic E-state index is 4.13. The van der Waals surface area contributed by atoms with E-state index in [-0.39, 0.29) is 24.0 Å². The molecular weight excluding hydrogens is 395 g/mol. The number of aryl methyl sites for hydroxylation is 1. The molecule has 0 radical (unpaired) electrons. The van der Waals surface area contributed by atoms with Crippen molar-refractivity contribution in [2.24, 2.45) is 0 Å². The maximum Gasteiger partial charge on any atom is 0.286 e. The molecule has 0 aliphatic heterocycles. The van der Waals surface area contributed by atoms with Gasteiger partial charge >= 0.3 is 0 Å². The van der Waals surface area contributed by atoms with E-state index in [0.29, 0.717) is 0 Å². The maximum absolute atomic E-state index is 4.13. The molecule has 0 amide bonds. The van der Waals surface area contributed by atoms with Crippen LogP contribution in [0.2, 0.25) is 0 Å². The van der Waals surface area contributed by atoms with Crippen molar-refractivity contribution in [3.63, 3.8) is 0 Å². The zero-order valence-electron chi connectivity index (χ0n) is 15.2. The molecule has 0 atom stereocenters. The Morgan fingerprint density at radius 3 is 1.61 bits per heavy atom. The fourth-order valence-corrected chi connectivity index (χ4v) is 2.98. The van der Waals surface area contributed by atoms with E-state index in [2.05, 4.69) is 22.7 Å². The fraction of sp³-hybridized carbons (Fsp3) is 0.800. The van der Waals surface area contributed by atoms with E-state index < -0.39 is 0 Å². The minimum Gasteiger partial charge on any atom is -1.00 e. The highest BCUT2D eigenvalue weighted by Gasteiger charge is 1.97. The third-order valence-corrected chi connectivity index (χ3v) is 4.43. The Morgan fingerprint density at radius 1 is 0.696 bits per heavy atom. The van der Waals surface area contributed by atoms with Crippen molar-refractivity contribution in [2.75, 3.05) is 0 Å². The summed E-state index contributed by atoms with van der Waals surface area (Å²) < 4.78 is 2.18. The summed E-state index contributed by atoms with van der Waals surface area (Å²) in [6.45, 7) is 3.41. The van der Waals surface area contributed by atoms with Gasteiger partial charge in [-0.25, -0.2) is 4.57 Å². The van der Waals surface area contributed by atoms with E-state index in [1.165, 1.54) is 89.9 Å². The number of hydrogen-bond acceptors (Lipinski definition) is 1. The average Bonchev–Trinajstić information content (AvgIpc) is 2.56. The van der Waals surface area contributed by atoms with Crippen LogP contribution in [0.4, 0.5) is 0 Å². The Kier molecular flexibility index (Phi) is 18.0. The SMILES string of the molecule is CCCCCCCCCCCCCCCC[n+]1cccnc1.[I-]. The molecule has 1 aromatic rings. The van der Waals surface area contributed by atoms with Gasteiger partial charge in [0, 0.05) is 6.07 Å². The normalized spacial score (nSPS) is 10.5. The molecule has 0 N–H and O–H groups in total. The molecule has 0 aliphatic rings. The van der Waals surface area contributed by atoms with Crippen molar-refractivity contribution in [1.29, 1.82) is 0 Å². The van der Waals surface area contributed by atoms with Gasteiger partial charge in [0.15, 0.2) is 0 Å². The van der Waals surface area contributed by atoms with Gasteiger partial charge in [-0.1, -0.05) is 89.0 Å². The quantitative estimate of drug-likeness (QED) is 0.237. The second-order valence-corrected chi connectivity index (χ2v) is 6.59. The molecule has 0 spiro atoms. The lowest BCUT2D eigenvalue weighted by Crippen LogP contribution is -3.00. The van der Waals surface area contributed by atoms with Crippen molar-refractivity contribution in [2.45, 2.75) is 103 Å². The predicted octanol–water partition coefficient (Wildman–Crippen LogP) is 2.85. The van der Waals surface area contributed by atoms with Gasteiger partial charge in [0.1, 0.15) is 6.20 Å². The molecule has 23 heavy (non-hydrogen) atoms. The molecule has 1 heterocycles. The number of nitrogens with zero attached hydrogens (tertiary/aromatic N) is 2. The molecule has 134 valence electrons. The monoisotopic (exact) mass is 432 g/mol. The lowest BCUT2D eigenvalue weighted by Gasteiger charge is -2.03. The number of aromatic nitrogens is 2. The number of rotatable bonds is 15. The summed E-state index contributed by atoms with van der Waals surface area (Å²) in [6, 6.07) is 2.00. The van der Waals surface area contributed by atoms with Crippen molar-refractivity contribution >= 4 is 0 Å². The highest BCUT2D eigenvalue weighted by atomic mass is 127. The molecule has 0 aromatic carbocycles. The van der Waals surface area contributed by atoms with Gasteiger partial charge in [0.05, 0.1) is 12.7 Å². The fourth-order valence-electron chi connectivity index (χ4n) is 2.98.